The zero-order chi connectivity index (χ0) is 30.9. The number of carbonyl (C=O) groups is 2. The van der Waals surface area contributed by atoms with Crippen molar-refractivity contribution in [2.45, 2.75) is 50.5 Å². The van der Waals surface area contributed by atoms with Crippen molar-refractivity contribution in [3.05, 3.63) is 67.6 Å². The highest BCUT2D eigenvalue weighted by Gasteiger charge is 2.30. The van der Waals surface area contributed by atoms with E-state index in [1.165, 1.54) is 4.90 Å². The summed E-state index contributed by atoms with van der Waals surface area (Å²) in [5.41, 5.74) is 1.78. The van der Waals surface area contributed by atoms with Gasteiger partial charge >= 0.3 is 0 Å². The monoisotopic (exact) mass is 665 g/mol. The average molecular weight is 667 g/mol. The van der Waals surface area contributed by atoms with E-state index in [1.54, 1.807) is 37.4 Å². The van der Waals surface area contributed by atoms with Gasteiger partial charge in [-0.05, 0) is 74.5 Å². The summed E-state index contributed by atoms with van der Waals surface area (Å²) < 4.78 is 0. The van der Waals surface area contributed by atoms with Crippen LogP contribution >= 0.6 is 46.4 Å². The minimum atomic E-state index is -0.292. The van der Waals surface area contributed by atoms with Crippen molar-refractivity contribution >= 4 is 63.9 Å². The van der Waals surface area contributed by atoms with Crippen LogP contribution in [0.4, 0.5) is 0 Å². The van der Waals surface area contributed by atoms with E-state index in [4.69, 9.17) is 56.5 Å². The fourth-order valence-electron chi connectivity index (χ4n) is 5.79. The summed E-state index contributed by atoms with van der Waals surface area (Å²) in [5, 5.41) is 15.0. The molecule has 0 aliphatic carbocycles. The normalized spacial score (nSPS) is 17.4. The predicted octanol–water partition coefficient (Wildman–Crippen LogP) is 6.92. The van der Waals surface area contributed by atoms with Crippen molar-refractivity contribution in [2.24, 2.45) is 5.16 Å². The molecule has 230 valence electrons. The molecule has 12 heteroatoms. The van der Waals surface area contributed by atoms with Gasteiger partial charge in [-0.2, -0.15) is 5.26 Å². The van der Waals surface area contributed by atoms with E-state index in [0.29, 0.717) is 50.2 Å². The molecule has 2 aromatic rings. The number of hydrogen-bond acceptors (Lipinski definition) is 6. The Morgan fingerprint density at radius 1 is 1.07 bits per heavy atom. The predicted molar refractivity (Wildman–Crippen MR) is 171 cm³/mol. The molecule has 0 spiro atoms. The topological polar surface area (TPSA) is 89.2 Å². The van der Waals surface area contributed by atoms with E-state index in [2.05, 4.69) is 15.0 Å². The molecule has 0 bridgehead atoms. The summed E-state index contributed by atoms with van der Waals surface area (Å²) in [6.45, 7) is 3.27. The first-order valence-corrected chi connectivity index (χ1v) is 15.9. The molecule has 0 radical (unpaired) electrons. The second-order valence-electron chi connectivity index (χ2n) is 11.0. The van der Waals surface area contributed by atoms with Gasteiger partial charge in [0.1, 0.15) is 6.07 Å². The van der Waals surface area contributed by atoms with E-state index in [0.717, 1.165) is 57.4 Å². The van der Waals surface area contributed by atoms with Crippen LogP contribution < -0.4 is 0 Å². The van der Waals surface area contributed by atoms with Gasteiger partial charge in [0.15, 0.2) is 0 Å². The molecule has 0 aromatic heterocycles. The number of halogens is 4. The zero-order valence-corrected chi connectivity index (χ0v) is 27.1. The lowest BCUT2D eigenvalue weighted by molar-refractivity contribution is -0.136. The van der Waals surface area contributed by atoms with Gasteiger partial charge in [-0.3, -0.25) is 9.59 Å². The maximum absolute atomic E-state index is 13.3. The van der Waals surface area contributed by atoms with Crippen LogP contribution in [0.3, 0.4) is 0 Å². The van der Waals surface area contributed by atoms with E-state index < -0.39 is 0 Å². The number of benzene rings is 2. The Balaban J connectivity index is 1.52. The average Bonchev–Trinajstić information content (AvgIpc) is 2.98. The van der Waals surface area contributed by atoms with Crippen LogP contribution in [0.5, 0.6) is 0 Å². The number of piperidine rings is 2. The van der Waals surface area contributed by atoms with Crippen LogP contribution in [0.1, 0.15) is 60.4 Å². The van der Waals surface area contributed by atoms with Gasteiger partial charge in [0.05, 0.1) is 22.3 Å². The van der Waals surface area contributed by atoms with Crippen molar-refractivity contribution in [1.82, 2.24) is 14.7 Å². The standard InChI is InChI=1S/C31H35Cl4N5O3/c1-38(31(42)22-16-23(32)19-24(33)17-22)20-29(37-43-15-10-36)26(21-5-6-27(34)28(35)18-21)9-14-39-12-7-25(8-13-39)40-11-3-2-4-30(40)41/h5-6,16-19,25-26H,2-4,7-9,11-15,20H2,1H3/b37-29+. The SMILES string of the molecule is CN(C/C(=N\OCC#N)C(CCN1CCC(N2CCCCC2=O)CC1)c1ccc(Cl)c(Cl)c1)C(=O)c1cc(Cl)cc(Cl)c1. The molecule has 8 nitrogen and oxygen atoms in total. The highest BCUT2D eigenvalue weighted by atomic mass is 35.5. The fourth-order valence-corrected chi connectivity index (χ4v) is 6.63. The molecule has 0 saturated carbocycles. The minimum Gasteiger partial charge on any atom is -0.380 e. The fraction of sp³-hybridized carbons (Fsp3) is 0.484. The Morgan fingerprint density at radius 2 is 1.79 bits per heavy atom. The first kappa shape index (κ1) is 33.4. The second-order valence-corrected chi connectivity index (χ2v) is 12.7. The van der Waals surface area contributed by atoms with E-state index >= 15 is 0 Å². The Bertz CT molecular complexity index is 1350. The maximum atomic E-state index is 13.3. The number of amides is 2. The number of hydrogen-bond donors (Lipinski definition) is 0. The van der Waals surface area contributed by atoms with Crippen LogP contribution in [0, 0.1) is 11.3 Å². The van der Waals surface area contributed by atoms with Crippen molar-refractivity contribution in [1.29, 1.82) is 5.26 Å². The second kappa shape index (κ2) is 16.0. The number of carbonyl (C=O) groups excluding carboxylic acids is 2. The lowest BCUT2D eigenvalue weighted by Gasteiger charge is -2.40. The third-order valence-electron chi connectivity index (χ3n) is 8.01. The largest absolute Gasteiger partial charge is 0.380 e. The lowest BCUT2D eigenvalue weighted by Crippen LogP contribution is -2.49. The molecule has 0 N–H and O–H groups in total. The van der Waals surface area contributed by atoms with Crippen molar-refractivity contribution in [3.63, 3.8) is 0 Å². The van der Waals surface area contributed by atoms with Crippen LogP contribution in [-0.4, -0.2) is 84.6 Å². The summed E-state index contributed by atoms with van der Waals surface area (Å²) in [6.07, 6.45) is 5.26. The van der Waals surface area contributed by atoms with E-state index in [-0.39, 0.29) is 30.9 Å². The van der Waals surface area contributed by atoms with E-state index in [9.17, 15) is 9.59 Å². The van der Waals surface area contributed by atoms with Crippen LogP contribution in [0.2, 0.25) is 20.1 Å². The Hall–Kier alpha value is -2.54. The zero-order valence-electron chi connectivity index (χ0n) is 24.1. The lowest BCUT2D eigenvalue weighted by atomic mass is 9.89. The molecular formula is C31H35Cl4N5O3. The number of nitrogens with zero attached hydrogens (tertiary/aromatic N) is 5. The van der Waals surface area contributed by atoms with Gasteiger partial charge in [0, 0.05) is 60.7 Å². The third-order valence-corrected chi connectivity index (χ3v) is 9.18. The van der Waals surface area contributed by atoms with Gasteiger partial charge in [-0.15, -0.1) is 0 Å². The molecule has 2 amide bonds. The van der Waals surface area contributed by atoms with Gasteiger partial charge in [0.25, 0.3) is 5.91 Å². The van der Waals surface area contributed by atoms with Crippen molar-refractivity contribution in [2.75, 3.05) is 46.4 Å². The number of likely N-dealkylation sites (tertiary alicyclic amines) is 2. The first-order chi connectivity index (χ1) is 20.7. The molecule has 1 atom stereocenters. The Morgan fingerprint density at radius 3 is 2.44 bits per heavy atom. The maximum Gasteiger partial charge on any atom is 0.254 e. The number of oxime groups is 1. The minimum absolute atomic E-state index is 0.123. The molecule has 2 fully saturated rings. The summed E-state index contributed by atoms with van der Waals surface area (Å²) in [4.78, 5) is 37.1. The Kier molecular flexibility index (Phi) is 12.4. The van der Waals surface area contributed by atoms with Crippen LogP contribution in [0.25, 0.3) is 0 Å². The van der Waals surface area contributed by atoms with Crippen molar-refractivity contribution in [3.8, 4) is 6.07 Å². The first-order valence-electron chi connectivity index (χ1n) is 14.4. The molecule has 2 heterocycles. The van der Waals surface area contributed by atoms with Gasteiger partial charge < -0.3 is 19.5 Å². The number of nitriles is 1. The molecule has 2 aromatic carbocycles. The molecule has 2 aliphatic rings. The highest BCUT2D eigenvalue weighted by Crippen LogP contribution is 2.31. The summed E-state index contributed by atoms with van der Waals surface area (Å²) >= 11 is 25.0. The third kappa shape index (κ3) is 9.23. The van der Waals surface area contributed by atoms with Gasteiger partial charge in [-0.25, -0.2) is 0 Å². The van der Waals surface area contributed by atoms with Gasteiger partial charge in [-0.1, -0.05) is 57.6 Å². The van der Waals surface area contributed by atoms with Crippen molar-refractivity contribution < 1.29 is 14.4 Å². The summed E-state index contributed by atoms with van der Waals surface area (Å²) in [6, 6.07) is 12.4. The molecule has 1 unspecified atom stereocenters. The van der Waals surface area contributed by atoms with Crippen LogP contribution in [-0.2, 0) is 9.63 Å². The highest BCUT2D eigenvalue weighted by molar-refractivity contribution is 6.42. The molecule has 4 rings (SSSR count). The molecule has 43 heavy (non-hydrogen) atoms. The Labute approximate surface area is 273 Å². The summed E-state index contributed by atoms with van der Waals surface area (Å²) in [5.74, 6) is -0.297. The molecular weight excluding hydrogens is 632 g/mol. The number of rotatable bonds is 11. The van der Waals surface area contributed by atoms with E-state index in [1.807, 2.05) is 12.1 Å². The quantitative estimate of drug-likeness (QED) is 0.148. The van der Waals surface area contributed by atoms with Crippen LogP contribution in [0.15, 0.2) is 41.6 Å². The molecule has 2 saturated heterocycles. The summed E-state index contributed by atoms with van der Waals surface area (Å²) in [7, 11) is 1.66. The molecule has 2 aliphatic heterocycles. The smallest absolute Gasteiger partial charge is 0.254 e. The van der Waals surface area contributed by atoms with Gasteiger partial charge in [0.2, 0.25) is 12.5 Å².